The number of benzene rings is 2. The van der Waals surface area contributed by atoms with Gasteiger partial charge in [0.15, 0.2) is 5.78 Å². The maximum Gasteiger partial charge on any atom is 0.179 e. The summed E-state index contributed by atoms with van der Waals surface area (Å²) in [5.41, 5.74) is 3.98. The number of hydrogen-bond donors (Lipinski definition) is 0. The molecule has 2 aromatic heterocycles. The van der Waals surface area contributed by atoms with E-state index in [9.17, 15) is 4.79 Å². The molecular formula is C20H14ClN3O. The summed E-state index contributed by atoms with van der Waals surface area (Å²) in [6, 6.07) is 17.6. The van der Waals surface area contributed by atoms with Gasteiger partial charge in [0.2, 0.25) is 0 Å². The summed E-state index contributed by atoms with van der Waals surface area (Å²) < 4.78 is 1.85. The van der Waals surface area contributed by atoms with Gasteiger partial charge < -0.3 is 4.57 Å². The third-order valence-electron chi connectivity index (χ3n) is 4.04. The Morgan fingerprint density at radius 1 is 1.08 bits per heavy atom. The maximum absolute atomic E-state index is 11.6. The van der Waals surface area contributed by atoms with Crippen molar-refractivity contribution in [2.45, 2.75) is 6.92 Å². The van der Waals surface area contributed by atoms with E-state index in [-0.39, 0.29) is 5.78 Å². The van der Waals surface area contributed by atoms with Gasteiger partial charge in [0, 0.05) is 29.1 Å². The molecule has 0 spiro atoms. The topological polar surface area (TPSA) is 47.8 Å². The van der Waals surface area contributed by atoms with Crippen molar-refractivity contribution in [3.63, 3.8) is 0 Å². The zero-order chi connectivity index (χ0) is 17.4. The predicted molar refractivity (Wildman–Crippen MR) is 99.3 cm³/mol. The molecule has 0 N–H and O–H groups in total. The number of carbonyl (C=O) groups excluding carboxylic acids is 1. The van der Waals surface area contributed by atoms with E-state index in [0.29, 0.717) is 10.7 Å². The fraction of sp³-hybridized carbons (Fsp3) is 0.0500. The zero-order valence-electron chi connectivity index (χ0n) is 13.5. The highest BCUT2D eigenvalue weighted by Gasteiger charge is 2.12. The summed E-state index contributed by atoms with van der Waals surface area (Å²) >= 11 is 6.16. The first-order valence-corrected chi connectivity index (χ1v) is 8.20. The number of hydrogen-bond acceptors (Lipinski definition) is 3. The first-order valence-electron chi connectivity index (χ1n) is 7.83. The Morgan fingerprint density at radius 2 is 1.88 bits per heavy atom. The molecule has 0 bridgehead atoms. The normalized spacial score (nSPS) is 11.0. The molecule has 0 amide bonds. The number of fused-ring (bicyclic) bond motifs is 1. The van der Waals surface area contributed by atoms with E-state index in [1.165, 1.54) is 6.92 Å². The number of aromatic nitrogens is 3. The first-order chi connectivity index (χ1) is 12.1. The van der Waals surface area contributed by atoms with E-state index in [0.717, 1.165) is 27.8 Å². The minimum atomic E-state index is -0.0663. The smallest absolute Gasteiger partial charge is 0.179 e. The molecule has 25 heavy (non-hydrogen) atoms. The van der Waals surface area contributed by atoms with Crippen LogP contribution in [0.2, 0.25) is 5.02 Å². The Labute approximate surface area is 149 Å². The van der Waals surface area contributed by atoms with Crippen molar-refractivity contribution >= 4 is 28.3 Å². The van der Waals surface area contributed by atoms with E-state index in [2.05, 4.69) is 4.98 Å². The van der Waals surface area contributed by atoms with Gasteiger partial charge in [0.05, 0.1) is 16.9 Å². The molecule has 4 nitrogen and oxygen atoms in total. The van der Waals surface area contributed by atoms with Crippen LogP contribution in [-0.2, 0) is 0 Å². The fourth-order valence-corrected chi connectivity index (χ4v) is 2.96. The van der Waals surface area contributed by atoms with Gasteiger partial charge in [0.1, 0.15) is 12.0 Å². The van der Waals surface area contributed by atoms with Crippen LogP contribution in [0.1, 0.15) is 17.4 Å². The summed E-state index contributed by atoms with van der Waals surface area (Å²) in [7, 11) is 0. The number of pyridine rings is 1. The molecule has 122 valence electrons. The second-order valence-corrected chi connectivity index (χ2v) is 6.21. The lowest BCUT2D eigenvalue weighted by molar-refractivity contribution is 0.101. The molecule has 0 aliphatic carbocycles. The molecule has 0 aliphatic heterocycles. The van der Waals surface area contributed by atoms with E-state index < -0.39 is 0 Å². The van der Waals surface area contributed by atoms with Crippen LogP contribution in [0.15, 0.2) is 67.1 Å². The van der Waals surface area contributed by atoms with Gasteiger partial charge >= 0.3 is 0 Å². The van der Waals surface area contributed by atoms with E-state index in [4.69, 9.17) is 16.6 Å². The van der Waals surface area contributed by atoms with Crippen LogP contribution < -0.4 is 0 Å². The van der Waals surface area contributed by atoms with Crippen LogP contribution in [0.3, 0.4) is 0 Å². The molecule has 0 fully saturated rings. The molecule has 0 aliphatic rings. The monoisotopic (exact) mass is 347 g/mol. The van der Waals surface area contributed by atoms with Gasteiger partial charge in [-0.15, -0.1) is 0 Å². The molecule has 2 heterocycles. The van der Waals surface area contributed by atoms with Gasteiger partial charge in [-0.1, -0.05) is 41.9 Å². The highest BCUT2D eigenvalue weighted by molar-refractivity contribution is 6.31. The van der Waals surface area contributed by atoms with Crippen molar-refractivity contribution in [3.8, 4) is 16.9 Å². The van der Waals surface area contributed by atoms with Gasteiger partial charge in [0.25, 0.3) is 0 Å². The number of imidazole rings is 1. The highest BCUT2D eigenvalue weighted by Crippen LogP contribution is 2.29. The van der Waals surface area contributed by atoms with Crippen LogP contribution >= 0.6 is 11.6 Å². The standard InChI is InChI=1S/C20H14ClN3O/c1-13(25)19-11-24(12-22-19)20-10-17(14-5-3-2-4-6-14)23-18-9-15(21)7-8-16(18)20/h2-12H,1H3. The van der Waals surface area contributed by atoms with Gasteiger partial charge in [-0.05, 0) is 24.3 Å². The molecule has 0 unspecified atom stereocenters. The maximum atomic E-state index is 11.6. The van der Waals surface area contributed by atoms with Gasteiger partial charge in [-0.3, -0.25) is 4.79 Å². The van der Waals surface area contributed by atoms with Crippen molar-refractivity contribution in [2.75, 3.05) is 0 Å². The summed E-state index contributed by atoms with van der Waals surface area (Å²) in [4.78, 5) is 20.5. The summed E-state index contributed by atoms with van der Waals surface area (Å²) in [6.45, 7) is 1.51. The molecule has 4 aromatic rings. The number of Topliss-reactive ketones (excluding diaryl/α,β-unsaturated/α-hetero) is 1. The van der Waals surface area contributed by atoms with Crippen LogP contribution in [-0.4, -0.2) is 20.3 Å². The second kappa shape index (κ2) is 6.15. The number of nitrogens with zero attached hydrogens (tertiary/aromatic N) is 3. The molecule has 0 saturated heterocycles. The SMILES string of the molecule is CC(=O)c1cn(-c2cc(-c3ccccc3)nc3cc(Cl)ccc23)cn1. The molecule has 2 aromatic carbocycles. The quantitative estimate of drug-likeness (QED) is 0.493. The summed E-state index contributed by atoms with van der Waals surface area (Å²) in [5.74, 6) is -0.0663. The average molecular weight is 348 g/mol. The molecule has 0 atom stereocenters. The minimum absolute atomic E-state index is 0.0663. The van der Waals surface area contributed by atoms with Crippen LogP contribution in [0.25, 0.3) is 27.8 Å². The summed E-state index contributed by atoms with van der Waals surface area (Å²) in [6.07, 6.45) is 3.38. The van der Waals surface area contributed by atoms with E-state index >= 15 is 0 Å². The lowest BCUT2D eigenvalue weighted by Gasteiger charge is -2.11. The lowest BCUT2D eigenvalue weighted by atomic mass is 10.1. The third kappa shape index (κ3) is 2.92. The first kappa shape index (κ1) is 15.5. The van der Waals surface area contributed by atoms with Gasteiger partial charge in [-0.25, -0.2) is 9.97 Å². The van der Waals surface area contributed by atoms with Crippen molar-refractivity contribution < 1.29 is 4.79 Å². The molecule has 0 saturated carbocycles. The number of rotatable bonds is 3. The molecule has 0 radical (unpaired) electrons. The van der Waals surface area contributed by atoms with E-state index in [1.54, 1.807) is 12.5 Å². The summed E-state index contributed by atoms with van der Waals surface area (Å²) in [5, 5.41) is 1.57. The highest BCUT2D eigenvalue weighted by atomic mass is 35.5. The Balaban J connectivity index is 1.99. The Hall–Kier alpha value is -2.98. The van der Waals surface area contributed by atoms with Crippen molar-refractivity contribution in [2.24, 2.45) is 0 Å². The van der Waals surface area contributed by atoms with E-state index in [1.807, 2.05) is 59.2 Å². The number of carbonyl (C=O) groups is 1. The third-order valence-corrected chi connectivity index (χ3v) is 4.28. The number of ketones is 1. The predicted octanol–water partition coefficient (Wildman–Crippen LogP) is 4.94. The molecule has 5 heteroatoms. The second-order valence-electron chi connectivity index (χ2n) is 5.78. The van der Waals surface area contributed by atoms with Crippen LogP contribution in [0.5, 0.6) is 0 Å². The Bertz CT molecular complexity index is 1090. The molecular weight excluding hydrogens is 334 g/mol. The van der Waals surface area contributed by atoms with Crippen molar-refractivity contribution in [1.29, 1.82) is 0 Å². The van der Waals surface area contributed by atoms with Gasteiger partial charge in [-0.2, -0.15) is 0 Å². The Kier molecular flexibility index (Phi) is 3.82. The van der Waals surface area contributed by atoms with Crippen LogP contribution in [0, 0.1) is 0 Å². The Morgan fingerprint density at radius 3 is 2.60 bits per heavy atom. The van der Waals surface area contributed by atoms with Crippen molar-refractivity contribution in [1.82, 2.24) is 14.5 Å². The zero-order valence-corrected chi connectivity index (χ0v) is 14.2. The molecule has 4 rings (SSSR count). The van der Waals surface area contributed by atoms with Crippen LogP contribution in [0.4, 0.5) is 0 Å². The largest absolute Gasteiger partial charge is 0.305 e. The van der Waals surface area contributed by atoms with Crippen molar-refractivity contribution in [3.05, 3.63) is 77.8 Å². The lowest BCUT2D eigenvalue weighted by Crippen LogP contribution is -1.97. The minimum Gasteiger partial charge on any atom is -0.305 e. The fourth-order valence-electron chi connectivity index (χ4n) is 2.79. The average Bonchev–Trinajstić information content (AvgIpc) is 3.11. The number of halogens is 1.